The van der Waals surface area contributed by atoms with E-state index >= 15 is 0 Å². The van der Waals surface area contributed by atoms with Crippen molar-refractivity contribution < 1.29 is 4.79 Å². The molecule has 0 aromatic carbocycles. The predicted molar refractivity (Wildman–Crippen MR) is 96.2 cm³/mol. The van der Waals surface area contributed by atoms with E-state index in [4.69, 9.17) is 0 Å². The van der Waals surface area contributed by atoms with Gasteiger partial charge in [-0.1, -0.05) is 0 Å². The topological polar surface area (TPSA) is 67.2 Å². The van der Waals surface area contributed by atoms with Crippen molar-refractivity contribution >= 4 is 11.7 Å². The number of carbonyl (C=O) groups is 1. The maximum Gasteiger partial charge on any atom is 0.242 e. The molecule has 0 unspecified atom stereocenters. The summed E-state index contributed by atoms with van der Waals surface area (Å²) >= 11 is 0. The number of imidazole rings is 1. The summed E-state index contributed by atoms with van der Waals surface area (Å²) in [7, 11) is 3.93. The van der Waals surface area contributed by atoms with Gasteiger partial charge in [-0.2, -0.15) is 0 Å². The number of amides is 1. The van der Waals surface area contributed by atoms with Gasteiger partial charge in [0.2, 0.25) is 5.91 Å². The molecule has 1 saturated heterocycles. The molecule has 0 radical (unpaired) electrons. The third-order valence-corrected chi connectivity index (χ3v) is 4.73. The lowest BCUT2D eigenvalue weighted by Crippen LogP contribution is -2.34. The number of rotatable bonds is 5. The maximum absolute atomic E-state index is 12.4. The molecule has 1 aliphatic rings. The van der Waals surface area contributed by atoms with E-state index in [0.29, 0.717) is 12.5 Å². The SMILES string of the molecule is CN(C)c1cnc(C[C@@H]2CCCN(C(=O)Cn3ccnc3)CC2)cn1. The minimum absolute atomic E-state index is 0.175. The molecule has 0 aliphatic carbocycles. The van der Waals surface area contributed by atoms with E-state index in [9.17, 15) is 4.79 Å². The van der Waals surface area contributed by atoms with Crippen LogP contribution in [0.4, 0.5) is 5.82 Å². The second kappa shape index (κ2) is 8.09. The van der Waals surface area contributed by atoms with Gasteiger partial charge in [0.15, 0.2) is 0 Å². The first-order chi connectivity index (χ1) is 12.1. The minimum Gasteiger partial charge on any atom is -0.361 e. The standard InChI is InChI=1S/C18H26N6O/c1-22(2)17-12-20-16(11-21-17)10-15-4-3-7-24(8-5-15)18(25)13-23-9-6-19-14-23/h6,9,11-12,14-15H,3-5,7-8,10,13H2,1-2H3/t15-/m1/s1. The van der Waals surface area contributed by atoms with Crippen molar-refractivity contribution in [1.29, 1.82) is 0 Å². The smallest absolute Gasteiger partial charge is 0.242 e. The fourth-order valence-electron chi connectivity index (χ4n) is 3.24. The lowest BCUT2D eigenvalue weighted by Gasteiger charge is -2.21. The second-order valence-electron chi connectivity index (χ2n) is 6.88. The highest BCUT2D eigenvalue weighted by Crippen LogP contribution is 2.21. The van der Waals surface area contributed by atoms with Gasteiger partial charge in [-0.15, -0.1) is 0 Å². The molecule has 3 rings (SSSR count). The molecule has 1 fully saturated rings. The van der Waals surface area contributed by atoms with Gasteiger partial charge < -0.3 is 14.4 Å². The Morgan fingerprint density at radius 1 is 1.24 bits per heavy atom. The molecule has 0 bridgehead atoms. The van der Waals surface area contributed by atoms with Gasteiger partial charge in [-0.25, -0.2) is 9.97 Å². The third kappa shape index (κ3) is 4.78. The van der Waals surface area contributed by atoms with E-state index in [1.165, 1.54) is 0 Å². The molecule has 1 atom stereocenters. The number of hydrogen-bond donors (Lipinski definition) is 0. The monoisotopic (exact) mass is 342 g/mol. The third-order valence-electron chi connectivity index (χ3n) is 4.73. The van der Waals surface area contributed by atoms with Gasteiger partial charge in [-0.05, 0) is 31.6 Å². The van der Waals surface area contributed by atoms with Crippen LogP contribution in [0.2, 0.25) is 0 Å². The Morgan fingerprint density at radius 2 is 2.12 bits per heavy atom. The summed E-state index contributed by atoms with van der Waals surface area (Å²) in [6.07, 6.45) is 13.1. The molecule has 2 aromatic rings. The van der Waals surface area contributed by atoms with Crippen LogP contribution in [0.5, 0.6) is 0 Å². The van der Waals surface area contributed by atoms with Gasteiger partial charge in [0.1, 0.15) is 12.4 Å². The maximum atomic E-state index is 12.4. The highest BCUT2D eigenvalue weighted by atomic mass is 16.2. The summed E-state index contributed by atoms with van der Waals surface area (Å²) in [5, 5.41) is 0. The number of anilines is 1. The largest absolute Gasteiger partial charge is 0.361 e. The summed E-state index contributed by atoms with van der Waals surface area (Å²) in [5.41, 5.74) is 1.04. The first-order valence-electron chi connectivity index (χ1n) is 8.83. The number of aromatic nitrogens is 4. The first kappa shape index (κ1) is 17.4. The van der Waals surface area contributed by atoms with E-state index in [1.54, 1.807) is 12.5 Å². The summed E-state index contributed by atoms with van der Waals surface area (Å²) in [6.45, 7) is 2.04. The van der Waals surface area contributed by atoms with E-state index in [0.717, 1.165) is 50.3 Å². The van der Waals surface area contributed by atoms with Crippen LogP contribution < -0.4 is 4.90 Å². The Kier molecular flexibility index (Phi) is 5.63. The lowest BCUT2D eigenvalue weighted by molar-refractivity contribution is -0.131. The van der Waals surface area contributed by atoms with Crippen molar-refractivity contribution in [2.24, 2.45) is 5.92 Å². The molecule has 0 spiro atoms. The molecule has 0 saturated carbocycles. The molecular formula is C18H26N6O. The predicted octanol–water partition coefficient (Wildman–Crippen LogP) is 1.61. The van der Waals surface area contributed by atoms with E-state index in [1.807, 2.05) is 47.1 Å². The Labute approximate surface area is 148 Å². The summed E-state index contributed by atoms with van der Waals surface area (Å²) < 4.78 is 1.83. The fourth-order valence-corrected chi connectivity index (χ4v) is 3.24. The summed E-state index contributed by atoms with van der Waals surface area (Å²) in [4.78, 5) is 29.3. The van der Waals surface area contributed by atoms with Crippen LogP contribution in [0.1, 0.15) is 25.0 Å². The molecular weight excluding hydrogens is 316 g/mol. The quantitative estimate of drug-likeness (QED) is 0.826. The molecule has 2 aromatic heterocycles. The van der Waals surface area contributed by atoms with Crippen LogP contribution in [0.25, 0.3) is 0 Å². The van der Waals surface area contributed by atoms with Gasteiger partial charge in [0.25, 0.3) is 0 Å². The fraction of sp³-hybridized carbons (Fsp3) is 0.556. The lowest BCUT2D eigenvalue weighted by atomic mass is 9.95. The van der Waals surface area contributed by atoms with Crippen LogP contribution in [0, 0.1) is 5.92 Å². The zero-order valence-corrected chi connectivity index (χ0v) is 15.0. The van der Waals surface area contributed by atoms with Crippen molar-refractivity contribution in [3.63, 3.8) is 0 Å². The zero-order chi connectivity index (χ0) is 17.6. The highest BCUT2D eigenvalue weighted by Gasteiger charge is 2.21. The van der Waals surface area contributed by atoms with Crippen LogP contribution >= 0.6 is 0 Å². The van der Waals surface area contributed by atoms with Crippen molar-refractivity contribution in [2.45, 2.75) is 32.2 Å². The molecule has 1 amide bonds. The van der Waals surface area contributed by atoms with E-state index in [2.05, 4.69) is 15.0 Å². The normalized spacial score (nSPS) is 18.0. The van der Waals surface area contributed by atoms with Gasteiger partial charge >= 0.3 is 0 Å². The number of nitrogens with zero attached hydrogens (tertiary/aromatic N) is 6. The Balaban J connectivity index is 1.51. The average molecular weight is 342 g/mol. The van der Waals surface area contributed by atoms with Crippen LogP contribution in [-0.2, 0) is 17.8 Å². The summed E-state index contributed by atoms with van der Waals surface area (Å²) in [5.74, 6) is 1.61. The minimum atomic E-state index is 0.175. The van der Waals surface area contributed by atoms with Gasteiger partial charge in [-0.3, -0.25) is 9.78 Å². The zero-order valence-electron chi connectivity index (χ0n) is 15.0. The number of hydrogen-bond acceptors (Lipinski definition) is 5. The van der Waals surface area contributed by atoms with E-state index in [-0.39, 0.29) is 5.91 Å². The molecule has 7 heteroatoms. The molecule has 0 N–H and O–H groups in total. The summed E-state index contributed by atoms with van der Waals surface area (Å²) in [6, 6.07) is 0. The first-order valence-corrected chi connectivity index (χ1v) is 8.83. The van der Waals surface area contributed by atoms with Crippen molar-refractivity contribution in [3.05, 3.63) is 36.8 Å². The van der Waals surface area contributed by atoms with Crippen molar-refractivity contribution in [3.8, 4) is 0 Å². The number of likely N-dealkylation sites (tertiary alicyclic amines) is 1. The van der Waals surface area contributed by atoms with Crippen LogP contribution in [0.15, 0.2) is 31.1 Å². The average Bonchev–Trinajstić information content (AvgIpc) is 2.99. The van der Waals surface area contributed by atoms with E-state index < -0.39 is 0 Å². The Bertz CT molecular complexity index is 667. The molecule has 134 valence electrons. The number of carbonyl (C=O) groups excluding carboxylic acids is 1. The highest BCUT2D eigenvalue weighted by molar-refractivity contribution is 5.76. The Morgan fingerprint density at radius 3 is 2.80 bits per heavy atom. The molecule has 25 heavy (non-hydrogen) atoms. The second-order valence-corrected chi connectivity index (χ2v) is 6.88. The molecule has 7 nitrogen and oxygen atoms in total. The molecule has 1 aliphatic heterocycles. The van der Waals surface area contributed by atoms with Gasteiger partial charge in [0, 0.05) is 39.6 Å². The van der Waals surface area contributed by atoms with Gasteiger partial charge in [0.05, 0.1) is 24.4 Å². The van der Waals surface area contributed by atoms with Crippen LogP contribution in [0.3, 0.4) is 0 Å². The molecule has 3 heterocycles. The van der Waals surface area contributed by atoms with Crippen molar-refractivity contribution in [1.82, 2.24) is 24.4 Å². The van der Waals surface area contributed by atoms with Crippen LogP contribution in [-0.4, -0.2) is 57.5 Å². The van der Waals surface area contributed by atoms with Crippen molar-refractivity contribution in [2.75, 3.05) is 32.1 Å². The Hall–Kier alpha value is -2.44.